The number of hydrogen-bond acceptors (Lipinski definition) is 3. The molecule has 0 aliphatic heterocycles. The molecule has 0 amide bonds. The van der Waals surface area contributed by atoms with E-state index in [1.165, 1.54) is 0 Å². The van der Waals surface area contributed by atoms with Gasteiger partial charge in [0, 0.05) is 5.56 Å². The van der Waals surface area contributed by atoms with Gasteiger partial charge in [0.25, 0.3) is 0 Å². The second-order valence-electron chi connectivity index (χ2n) is 3.90. The minimum atomic E-state index is -0.661. The monoisotopic (exact) mass is 219 g/mol. The summed E-state index contributed by atoms with van der Waals surface area (Å²) in [6, 6.07) is 9.68. The van der Waals surface area contributed by atoms with E-state index in [0.29, 0.717) is 6.54 Å². The predicted octanol–water partition coefficient (Wildman–Crippen LogP) is 0.371. The Kier molecular flexibility index (Phi) is 5.00. The van der Waals surface area contributed by atoms with E-state index in [1.807, 2.05) is 30.3 Å². The molecule has 3 N–H and O–H groups in total. The molecule has 0 heterocycles. The summed E-state index contributed by atoms with van der Waals surface area (Å²) in [4.78, 5) is 0. The molecule has 0 unspecified atom stereocenters. The van der Waals surface area contributed by atoms with Crippen LogP contribution in [-0.2, 0) is 0 Å². The van der Waals surface area contributed by atoms with Gasteiger partial charge in [0.2, 0.25) is 0 Å². The summed E-state index contributed by atoms with van der Waals surface area (Å²) in [7, 11) is 0. The predicted molar refractivity (Wildman–Crippen MR) is 63.9 cm³/mol. The molecule has 0 aliphatic carbocycles. The van der Waals surface area contributed by atoms with E-state index >= 15 is 0 Å². The van der Waals surface area contributed by atoms with E-state index < -0.39 is 5.54 Å². The van der Waals surface area contributed by atoms with Crippen molar-refractivity contribution in [3.63, 3.8) is 0 Å². The maximum Gasteiger partial charge on any atom is 0.0633 e. The van der Waals surface area contributed by atoms with Crippen LogP contribution in [0.3, 0.4) is 0 Å². The van der Waals surface area contributed by atoms with Gasteiger partial charge in [-0.25, -0.2) is 0 Å². The largest absolute Gasteiger partial charge is 0.394 e. The van der Waals surface area contributed by atoms with E-state index in [2.05, 4.69) is 17.2 Å². The molecule has 1 aromatic rings. The van der Waals surface area contributed by atoms with Crippen LogP contribution in [0.15, 0.2) is 30.3 Å². The lowest BCUT2D eigenvalue weighted by molar-refractivity contribution is 0.108. The van der Waals surface area contributed by atoms with Crippen molar-refractivity contribution in [2.45, 2.75) is 12.5 Å². The Bertz CT molecular complexity index is 361. The normalized spacial score (nSPS) is 10.7. The third-order valence-electron chi connectivity index (χ3n) is 2.31. The van der Waals surface area contributed by atoms with Gasteiger partial charge in [0.1, 0.15) is 0 Å². The Balaban J connectivity index is 2.44. The first-order valence-electron chi connectivity index (χ1n) is 5.21. The molecule has 3 heteroatoms. The average Bonchev–Trinajstić information content (AvgIpc) is 2.36. The van der Waals surface area contributed by atoms with Crippen LogP contribution in [-0.4, -0.2) is 35.5 Å². The maximum absolute atomic E-state index is 9.03. The van der Waals surface area contributed by atoms with Crippen molar-refractivity contribution in [3.05, 3.63) is 35.9 Å². The standard InChI is InChI=1S/C13H17NO2/c1-13(10-15,11-16)14-9-5-8-12-6-3-2-4-7-12/h2-4,6-7,14-16H,9-11H2,1H3. The molecule has 0 spiro atoms. The molecule has 0 saturated heterocycles. The van der Waals surface area contributed by atoms with Gasteiger partial charge in [-0.1, -0.05) is 30.0 Å². The van der Waals surface area contributed by atoms with Crippen LogP contribution in [0.1, 0.15) is 12.5 Å². The number of nitrogens with one attached hydrogen (secondary N) is 1. The zero-order valence-corrected chi connectivity index (χ0v) is 9.40. The van der Waals surface area contributed by atoms with E-state index in [0.717, 1.165) is 5.56 Å². The first-order valence-corrected chi connectivity index (χ1v) is 5.21. The highest BCUT2D eigenvalue weighted by molar-refractivity contribution is 5.33. The number of benzene rings is 1. The quantitative estimate of drug-likeness (QED) is 0.641. The van der Waals surface area contributed by atoms with Crippen LogP contribution < -0.4 is 5.32 Å². The number of aliphatic hydroxyl groups excluding tert-OH is 2. The van der Waals surface area contributed by atoms with Crippen LogP contribution in [0, 0.1) is 11.8 Å². The molecule has 0 bridgehead atoms. The van der Waals surface area contributed by atoms with Gasteiger partial charge in [0.05, 0.1) is 25.3 Å². The van der Waals surface area contributed by atoms with Crippen molar-refractivity contribution in [3.8, 4) is 11.8 Å². The lowest BCUT2D eigenvalue weighted by atomic mass is 10.1. The third kappa shape index (κ3) is 4.03. The summed E-state index contributed by atoms with van der Waals surface area (Å²) in [6.07, 6.45) is 0. The summed E-state index contributed by atoms with van der Waals surface area (Å²) in [6.45, 7) is 1.96. The number of hydrogen-bond donors (Lipinski definition) is 3. The van der Waals surface area contributed by atoms with Gasteiger partial charge in [-0.2, -0.15) is 0 Å². The number of aliphatic hydroxyl groups is 2. The number of rotatable bonds is 4. The highest BCUT2D eigenvalue weighted by atomic mass is 16.3. The topological polar surface area (TPSA) is 52.5 Å². The third-order valence-corrected chi connectivity index (χ3v) is 2.31. The summed E-state index contributed by atoms with van der Waals surface area (Å²) < 4.78 is 0. The molecule has 1 rings (SSSR count). The Morgan fingerprint density at radius 2 is 1.81 bits per heavy atom. The summed E-state index contributed by atoms with van der Waals surface area (Å²) >= 11 is 0. The minimum absolute atomic E-state index is 0.115. The van der Waals surface area contributed by atoms with E-state index in [4.69, 9.17) is 10.2 Å². The highest BCUT2D eigenvalue weighted by Gasteiger charge is 2.20. The summed E-state index contributed by atoms with van der Waals surface area (Å²) in [5, 5.41) is 21.1. The van der Waals surface area contributed by atoms with Crippen LogP contribution in [0.4, 0.5) is 0 Å². The first kappa shape index (κ1) is 12.7. The molecule has 0 fully saturated rings. The molecule has 1 aromatic carbocycles. The minimum Gasteiger partial charge on any atom is -0.394 e. The molecule has 3 nitrogen and oxygen atoms in total. The van der Waals surface area contributed by atoms with Gasteiger partial charge >= 0.3 is 0 Å². The lowest BCUT2D eigenvalue weighted by Crippen LogP contribution is -2.49. The van der Waals surface area contributed by atoms with Crippen molar-refractivity contribution in [2.24, 2.45) is 0 Å². The second kappa shape index (κ2) is 6.29. The first-order chi connectivity index (χ1) is 7.70. The molecular formula is C13H17NO2. The smallest absolute Gasteiger partial charge is 0.0633 e. The van der Waals surface area contributed by atoms with Crippen LogP contribution in [0.2, 0.25) is 0 Å². The van der Waals surface area contributed by atoms with Gasteiger partial charge in [0.15, 0.2) is 0 Å². The molecule has 0 saturated carbocycles. The Morgan fingerprint density at radius 3 is 2.38 bits per heavy atom. The average molecular weight is 219 g/mol. The van der Waals surface area contributed by atoms with E-state index in [-0.39, 0.29) is 13.2 Å². The Morgan fingerprint density at radius 1 is 1.19 bits per heavy atom. The van der Waals surface area contributed by atoms with Crippen LogP contribution >= 0.6 is 0 Å². The fourth-order valence-corrected chi connectivity index (χ4v) is 1.09. The molecule has 86 valence electrons. The molecular weight excluding hydrogens is 202 g/mol. The highest BCUT2D eigenvalue weighted by Crippen LogP contribution is 1.99. The molecule has 0 radical (unpaired) electrons. The van der Waals surface area contributed by atoms with Crippen molar-refractivity contribution < 1.29 is 10.2 Å². The van der Waals surface area contributed by atoms with Crippen molar-refractivity contribution in [2.75, 3.05) is 19.8 Å². The van der Waals surface area contributed by atoms with Gasteiger partial charge < -0.3 is 10.2 Å². The zero-order chi connectivity index (χ0) is 11.9. The summed E-state index contributed by atoms with van der Waals surface area (Å²) in [5.41, 5.74) is 0.296. The molecule has 0 aromatic heterocycles. The SMILES string of the molecule is CC(CO)(CO)NCC#Cc1ccccc1. The Hall–Kier alpha value is -1.34. The van der Waals surface area contributed by atoms with Crippen molar-refractivity contribution in [1.29, 1.82) is 0 Å². The van der Waals surface area contributed by atoms with Gasteiger partial charge in [-0.15, -0.1) is 0 Å². The maximum atomic E-state index is 9.03. The zero-order valence-electron chi connectivity index (χ0n) is 9.40. The second-order valence-corrected chi connectivity index (χ2v) is 3.90. The van der Waals surface area contributed by atoms with Gasteiger partial charge in [-0.05, 0) is 19.1 Å². The molecule has 16 heavy (non-hydrogen) atoms. The molecule has 0 atom stereocenters. The van der Waals surface area contributed by atoms with E-state index in [9.17, 15) is 0 Å². The van der Waals surface area contributed by atoms with Crippen molar-refractivity contribution in [1.82, 2.24) is 5.32 Å². The Labute approximate surface area is 96.1 Å². The fourth-order valence-electron chi connectivity index (χ4n) is 1.09. The van der Waals surface area contributed by atoms with Crippen molar-refractivity contribution >= 4 is 0 Å². The van der Waals surface area contributed by atoms with E-state index in [1.54, 1.807) is 6.92 Å². The fraction of sp³-hybridized carbons (Fsp3) is 0.385. The molecule has 0 aliphatic rings. The van der Waals surface area contributed by atoms with Gasteiger partial charge in [-0.3, -0.25) is 5.32 Å². The van der Waals surface area contributed by atoms with Crippen LogP contribution in [0.25, 0.3) is 0 Å². The lowest BCUT2D eigenvalue weighted by Gasteiger charge is -2.24. The summed E-state index contributed by atoms with van der Waals surface area (Å²) in [5.74, 6) is 5.93. The van der Waals surface area contributed by atoms with Crippen LogP contribution in [0.5, 0.6) is 0 Å².